The molecule has 0 aromatic rings. The predicted molar refractivity (Wildman–Crippen MR) is 176 cm³/mol. The molecule has 0 N–H and O–H groups in total. The summed E-state index contributed by atoms with van der Waals surface area (Å²) in [6.07, 6.45) is 44.4. The number of unbranched alkanes of at least 4 members (excludes halogenated alkanes) is 16. The first-order chi connectivity index (χ1) is 20.2. The van der Waals surface area contributed by atoms with Gasteiger partial charge in [0.05, 0.1) is 0 Å². The Kier molecular flexibility index (Phi) is 32.4. The van der Waals surface area contributed by atoms with E-state index in [0.29, 0.717) is 12.8 Å². The van der Waals surface area contributed by atoms with Crippen molar-refractivity contribution in [2.75, 3.05) is 6.79 Å². The lowest BCUT2D eigenvalue weighted by atomic mass is 10.1. The van der Waals surface area contributed by atoms with E-state index in [0.717, 1.165) is 64.2 Å². The van der Waals surface area contributed by atoms with Crippen molar-refractivity contribution in [2.24, 2.45) is 0 Å². The molecule has 0 heterocycles. The molecular formula is C37H64O4. The van der Waals surface area contributed by atoms with Gasteiger partial charge in [0.15, 0.2) is 0 Å². The highest BCUT2D eigenvalue weighted by Gasteiger charge is 2.06. The van der Waals surface area contributed by atoms with Gasteiger partial charge >= 0.3 is 11.9 Å². The van der Waals surface area contributed by atoms with Crippen molar-refractivity contribution in [3.8, 4) is 0 Å². The molecule has 0 saturated heterocycles. The van der Waals surface area contributed by atoms with E-state index in [-0.39, 0.29) is 18.7 Å². The number of hydrogen-bond donors (Lipinski definition) is 0. The van der Waals surface area contributed by atoms with Crippen LogP contribution < -0.4 is 0 Å². The van der Waals surface area contributed by atoms with Crippen LogP contribution in [0.25, 0.3) is 0 Å². The molecule has 0 aromatic heterocycles. The molecule has 236 valence electrons. The van der Waals surface area contributed by atoms with E-state index in [1.807, 2.05) is 0 Å². The Morgan fingerprint density at radius 3 is 1.10 bits per heavy atom. The van der Waals surface area contributed by atoms with Crippen molar-refractivity contribution >= 4 is 11.9 Å². The molecule has 0 unspecified atom stereocenters. The van der Waals surface area contributed by atoms with E-state index in [4.69, 9.17) is 9.47 Å². The minimum absolute atomic E-state index is 0.252. The molecule has 0 bridgehead atoms. The van der Waals surface area contributed by atoms with E-state index in [2.05, 4.69) is 62.5 Å². The zero-order chi connectivity index (χ0) is 29.9. The number of carbonyl (C=O) groups is 2. The molecule has 0 aromatic carbocycles. The largest absolute Gasteiger partial charge is 0.428 e. The zero-order valence-electron chi connectivity index (χ0n) is 26.9. The fourth-order valence-electron chi connectivity index (χ4n) is 4.47. The first-order valence-electron chi connectivity index (χ1n) is 17.1. The van der Waals surface area contributed by atoms with Crippen LogP contribution in [0.5, 0.6) is 0 Å². The second-order valence-electron chi connectivity index (χ2n) is 11.1. The summed E-state index contributed by atoms with van der Waals surface area (Å²) < 4.78 is 10.1. The van der Waals surface area contributed by atoms with Crippen LogP contribution in [0.15, 0.2) is 48.6 Å². The van der Waals surface area contributed by atoms with Gasteiger partial charge in [-0.3, -0.25) is 9.59 Å². The average Bonchev–Trinajstić information content (AvgIpc) is 2.97. The third-order valence-electron chi connectivity index (χ3n) is 7.10. The van der Waals surface area contributed by atoms with Crippen LogP contribution in [0.1, 0.15) is 168 Å². The number of ether oxygens (including phenoxy) is 2. The van der Waals surface area contributed by atoms with E-state index >= 15 is 0 Å². The van der Waals surface area contributed by atoms with Crippen LogP contribution in [0.4, 0.5) is 0 Å². The minimum atomic E-state index is -0.277. The van der Waals surface area contributed by atoms with Gasteiger partial charge in [-0.2, -0.15) is 0 Å². The fourth-order valence-corrected chi connectivity index (χ4v) is 4.47. The number of rotatable bonds is 30. The van der Waals surface area contributed by atoms with Gasteiger partial charge in [0.2, 0.25) is 6.79 Å². The summed E-state index contributed by atoms with van der Waals surface area (Å²) in [5.74, 6) is -0.555. The third kappa shape index (κ3) is 34.0. The van der Waals surface area contributed by atoms with Gasteiger partial charge in [0, 0.05) is 12.8 Å². The standard InChI is InChI=1S/C37H64O4/c1-3-5-7-9-11-13-15-17-19-21-23-25-27-29-31-33-36(38)40-35-41-37(39)34-32-30-28-26-24-22-20-18-16-14-12-10-8-6-4-2/h11-14,17-20H,3-10,15-16,21-35H2,1-2H3. The molecule has 4 nitrogen and oxygen atoms in total. The predicted octanol–water partition coefficient (Wildman–Crippen LogP) is 11.7. The maximum absolute atomic E-state index is 11.8. The van der Waals surface area contributed by atoms with E-state index in [9.17, 15) is 9.59 Å². The Morgan fingerprint density at radius 2 is 0.732 bits per heavy atom. The van der Waals surface area contributed by atoms with Crippen molar-refractivity contribution in [3.05, 3.63) is 48.6 Å². The Bertz CT molecular complexity index is 631. The zero-order valence-corrected chi connectivity index (χ0v) is 26.9. The molecule has 0 amide bonds. The molecule has 0 aliphatic carbocycles. The minimum Gasteiger partial charge on any atom is -0.428 e. The molecule has 0 spiro atoms. The van der Waals surface area contributed by atoms with Gasteiger partial charge in [-0.25, -0.2) is 0 Å². The lowest BCUT2D eigenvalue weighted by Crippen LogP contribution is -2.12. The molecule has 4 heteroatoms. The maximum atomic E-state index is 11.8. The van der Waals surface area contributed by atoms with Crippen molar-refractivity contribution in [1.82, 2.24) is 0 Å². The topological polar surface area (TPSA) is 52.6 Å². The molecule has 0 fully saturated rings. The molecular weight excluding hydrogens is 508 g/mol. The lowest BCUT2D eigenvalue weighted by Gasteiger charge is -2.06. The van der Waals surface area contributed by atoms with E-state index < -0.39 is 0 Å². The van der Waals surface area contributed by atoms with Crippen LogP contribution in [-0.2, 0) is 19.1 Å². The number of allylic oxidation sites excluding steroid dienone is 8. The van der Waals surface area contributed by atoms with Crippen LogP contribution in [0.3, 0.4) is 0 Å². The summed E-state index contributed by atoms with van der Waals surface area (Å²) >= 11 is 0. The Balaban J connectivity index is 3.41. The van der Waals surface area contributed by atoms with Crippen molar-refractivity contribution in [3.63, 3.8) is 0 Å². The van der Waals surface area contributed by atoms with Crippen LogP contribution >= 0.6 is 0 Å². The molecule has 0 rings (SSSR count). The highest BCUT2D eigenvalue weighted by Crippen LogP contribution is 2.10. The van der Waals surface area contributed by atoms with Crippen molar-refractivity contribution < 1.29 is 19.1 Å². The smallest absolute Gasteiger partial charge is 0.308 e. The summed E-state index contributed by atoms with van der Waals surface area (Å²) in [5.41, 5.74) is 0. The SMILES string of the molecule is CCCCCC=CCC=CCCCCCCCC(=O)OCOC(=O)CCCCCCCC=CCC=CCCCCC. The summed E-state index contributed by atoms with van der Waals surface area (Å²) in [6, 6.07) is 0. The number of carbonyl (C=O) groups excluding carboxylic acids is 2. The summed E-state index contributed by atoms with van der Waals surface area (Å²) in [7, 11) is 0. The van der Waals surface area contributed by atoms with Crippen molar-refractivity contribution in [2.45, 2.75) is 168 Å². The van der Waals surface area contributed by atoms with E-state index in [1.54, 1.807) is 0 Å². The van der Waals surface area contributed by atoms with Crippen LogP contribution in [0, 0.1) is 0 Å². The Morgan fingerprint density at radius 1 is 0.415 bits per heavy atom. The molecule has 0 atom stereocenters. The highest BCUT2D eigenvalue weighted by atomic mass is 16.7. The van der Waals surface area contributed by atoms with Crippen LogP contribution in [0.2, 0.25) is 0 Å². The third-order valence-corrected chi connectivity index (χ3v) is 7.10. The van der Waals surface area contributed by atoms with Gasteiger partial charge < -0.3 is 9.47 Å². The molecule has 0 radical (unpaired) electrons. The highest BCUT2D eigenvalue weighted by molar-refractivity contribution is 5.70. The van der Waals surface area contributed by atoms with Gasteiger partial charge in [-0.05, 0) is 77.0 Å². The summed E-state index contributed by atoms with van der Waals surface area (Å²) in [5, 5.41) is 0. The lowest BCUT2D eigenvalue weighted by molar-refractivity contribution is -0.167. The molecule has 0 aliphatic rings. The number of hydrogen-bond acceptors (Lipinski definition) is 4. The number of esters is 2. The second-order valence-corrected chi connectivity index (χ2v) is 11.1. The first kappa shape index (κ1) is 38.9. The first-order valence-corrected chi connectivity index (χ1v) is 17.1. The molecule has 41 heavy (non-hydrogen) atoms. The quantitative estimate of drug-likeness (QED) is 0.0372. The normalized spacial score (nSPS) is 12.0. The Labute approximate surface area is 254 Å². The monoisotopic (exact) mass is 572 g/mol. The van der Waals surface area contributed by atoms with Gasteiger partial charge in [0.1, 0.15) is 0 Å². The Hall–Kier alpha value is -2.10. The average molecular weight is 573 g/mol. The van der Waals surface area contributed by atoms with Crippen molar-refractivity contribution in [1.29, 1.82) is 0 Å². The van der Waals surface area contributed by atoms with Crippen LogP contribution in [-0.4, -0.2) is 18.7 Å². The second kappa shape index (κ2) is 34.1. The summed E-state index contributed by atoms with van der Waals surface area (Å²) in [4.78, 5) is 23.7. The molecule has 0 saturated carbocycles. The van der Waals surface area contributed by atoms with E-state index in [1.165, 1.54) is 77.0 Å². The van der Waals surface area contributed by atoms with Gasteiger partial charge in [0.25, 0.3) is 0 Å². The maximum Gasteiger partial charge on any atom is 0.308 e. The fraction of sp³-hybridized carbons (Fsp3) is 0.730. The summed E-state index contributed by atoms with van der Waals surface area (Å²) in [6.45, 7) is 4.22. The van der Waals surface area contributed by atoms with Gasteiger partial charge in [-0.15, -0.1) is 0 Å². The van der Waals surface area contributed by atoms with Gasteiger partial charge in [-0.1, -0.05) is 127 Å². The molecule has 0 aliphatic heterocycles.